The molecule has 0 aliphatic heterocycles. The zero-order chi connectivity index (χ0) is 15.3. The molecule has 0 spiro atoms. The summed E-state index contributed by atoms with van der Waals surface area (Å²) >= 11 is 0. The summed E-state index contributed by atoms with van der Waals surface area (Å²) in [7, 11) is 0. The van der Waals surface area contributed by atoms with E-state index in [1.165, 1.54) is 6.07 Å². The van der Waals surface area contributed by atoms with Crippen LogP contribution in [0.25, 0.3) is 0 Å². The lowest BCUT2D eigenvalue weighted by Gasteiger charge is -2.09. The molecule has 5 nitrogen and oxygen atoms in total. The van der Waals surface area contributed by atoms with Gasteiger partial charge in [0.15, 0.2) is 0 Å². The van der Waals surface area contributed by atoms with Gasteiger partial charge in [-0.2, -0.15) is 13.2 Å². The number of halogens is 3. The number of rotatable bonds is 5. The lowest BCUT2D eigenvalue weighted by molar-refractivity contribution is -0.173. The van der Waals surface area contributed by atoms with Gasteiger partial charge in [0.25, 0.3) is 0 Å². The first-order valence-electron chi connectivity index (χ1n) is 5.75. The minimum Gasteiger partial charge on any atom is -0.399 e. The van der Waals surface area contributed by atoms with Gasteiger partial charge in [-0.25, -0.2) is 0 Å². The van der Waals surface area contributed by atoms with Gasteiger partial charge in [0.05, 0.1) is 0 Å². The van der Waals surface area contributed by atoms with Crippen molar-refractivity contribution in [2.75, 3.05) is 12.3 Å². The van der Waals surface area contributed by atoms with Crippen molar-refractivity contribution >= 4 is 17.5 Å². The first-order chi connectivity index (χ1) is 9.21. The highest BCUT2D eigenvalue weighted by Crippen LogP contribution is 2.16. The number of aryl methyl sites for hydroxylation is 1. The number of hydrogen-bond donors (Lipinski definition) is 3. The number of hydrogen-bond acceptors (Lipinski definition) is 3. The summed E-state index contributed by atoms with van der Waals surface area (Å²) in [6.07, 6.45) is -4.34. The Bertz CT molecular complexity index is 515. The Morgan fingerprint density at radius 1 is 1.25 bits per heavy atom. The second-order valence-corrected chi connectivity index (χ2v) is 4.14. The smallest absolute Gasteiger partial charge is 0.399 e. The third-order valence-electron chi connectivity index (χ3n) is 2.57. The topological polar surface area (TPSA) is 98.2 Å². The molecule has 0 fully saturated rings. The lowest BCUT2D eigenvalue weighted by atomic mass is 10.0. The number of nitrogens with two attached hydrogens (primary N) is 2. The number of carbonyl (C=O) groups is 2. The highest BCUT2D eigenvalue weighted by atomic mass is 19.4. The van der Waals surface area contributed by atoms with Gasteiger partial charge in [-0.3, -0.25) is 9.59 Å². The number of carbonyl (C=O) groups excluding carboxylic acids is 2. The Kier molecular flexibility index (Phi) is 4.95. The first kappa shape index (κ1) is 15.8. The standard InChI is InChI=1S/C12H14F3N3O2/c13-12(14,15)11(20)18-5-1-2-7-3-4-8(16)6-9(7)10(17)19/h3-4,6H,1-2,5,16H2,(H2,17,19)(H,18,20). The van der Waals surface area contributed by atoms with Crippen LogP contribution in [-0.2, 0) is 11.2 Å². The monoisotopic (exact) mass is 289 g/mol. The lowest BCUT2D eigenvalue weighted by Crippen LogP contribution is -2.37. The largest absolute Gasteiger partial charge is 0.471 e. The summed E-state index contributed by atoms with van der Waals surface area (Å²) in [5, 5.41) is 1.75. The van der Waals surface area contributed by atoms with Gasteiger partial charge in [-0.15, -0.1) is 0 Å². The molecular formula is C12H14F3N3O2. The minimum atomic E-state index is -4.89. The Balaban J connectivity index is 2.55. The molecule has 0 aromatic heterocycles. The van der Waals surface area contributed by atoms with E-state index in [1.54, 1.807) is 17.4 Å². The van der Waals surface area contributed by atoms with Gasteiger partial charge >= 0.3 is 12.1 Å². The van der Waals surface area contributed by atoms with Crippen molar-refractivity contribution in [3.05, 3.63) is 29.3 Å². The Labute approximate surface area is 113 Å². The van der Waals surface area contributed by atoms with E-state index in [1.807, 2.05) is 0 Å². The molecule has 0 atom stereocenters. The third kappa shape index (κ3) is 4.45. The molecule has 2 amide bonds. The molecule has 0 saturated carbocycles. The summed E-state index contributed by atoms with van der Waals surface area (Å²) in [4.78, 5) is 21.8. The van der Waals surface area contributed by atoms with E-state index in [2.05, 4.69) is 0 Å². The predicted octanol–water partition coefficient (Wildman–Crippen LogP) is 0.979. The molecule has 0 aliphatic rings. The fraction of sp³-hybridized carbons (Fsp3) is 0.333. The number of alkyl halides is 3. The Morgan fingerprint density at radius 3 is 2.45 bits per heavy atom. The predicted molar refractivity (Wildman–Crippen MR) is 66.8 cm³/mol. The van der Waals surface area contributed by atoms with Gasteiger partial charge in [-0.05, 0) is 30.5 Å². The molecule has 1 aromatic rings. The van der Waals surface area contributed by atoms with Crippen LogP contribution in [-0.4, -0.2) is 24.5 Å². The maximum absolute atomic E-state index is 11.9. The van der Waals surface area contributed by atoms with E-state index >= 15 is 0 Å². The van der Waals surface area contributed by atoms with Crippen LogP contribution in [0.15, 0.2) is 18.2 Å². The highest BCUT2D eigenvalue weighted by Gasteiger charge is 2.38. The molecule has 0 unspecified atom stereocenters. The van der Waals surface area contributed by atoms with Crippen molar-refractivity contribution in [3.8, 4) is 0 Å². The maximum Gasteiger partial charge on any atom is 0.471 e. The van der Waals surface area contributed by atoms with Crippen LogP contribution in [0.3, 0.4) is 0 Å². The second-order valence-electron chi connectivity index (χ2n) is 4.14. The van der Waals surface area contributed by atoms with Crippen LogP contribution in [0.5, 0.6) is 0 Å². The SMILES string of the molecule is NC(=O)c1cc(N)ccc1CCCNC(=O)C(F)(F)F. The van der Waals surface area contributed by atoms with E-state index in [-0.39, 0.29) is 18.5 Å². The van der Waals surface area contributed by atoms with E-state index in [0.29, 0.717) is 17.7 Å². The van der Waals surface area contributed by atoms with Crippen LogP contribution < -0.4 is 16.8 Å². The Hall–Kier alpha value is -2.25. The number of amides is 2. The molecule has 1 aromatic carbocycles. The van der Waals surface area contributed by atoms with Crippen molar-refractivity contribution in [3.63, 3.8) is 0 Å². The van der Waals surface area contributed by atoms with Gasteiger partial charge < -0.3 is 16.8 Å². The van der Waals surface area contributed by atoms with Crippen LogP contribution in [0, 0.1) is 0 Å². The molecule has 5 N–H and O–H groups in total. The van der Waals surface area contributed by atoms with Gasteiger partial charge in [0, 0.05) is 17.8 Å². The number of anilines is 1. The normalized spacial score (nSPS) is 11.2. The van der Waals surface area contributed by atoms with Crippen molar-refractivity contribution in [2.45, 2.75) is 19.0 Å². The molecule has 0 saturated heterocycles. The highest BCUT2D eigenvalue weighted by molar-refractivity contribution is 5.95. The Morgan fingerprint density at radius 2 is 1.90 bits per heavy atom. The van der Waals surface area contributed by atoms with Crippen LogP contribution >= 0.6 is 0 Å². The van der Waals surface area contributed by atoms with Crippen molar-refractivity contribution in [1.82, 2.24) is 5.32 Å². The summed E-state index contributed by atoms with van der Waals surface area (Å²) in [5.74, 6) is -2.64. The van der Waals surface area contributed by atoms with Crippen LogP contribution in [0.2, 0.25) is 0 Å². The van der Waals surface area contributed by atoms with Crippen molar-refractivity contribution < 1.29 is 22.8 Å². The molecule has 0 heterocycles. The number of nitrogens with one attached hydrogen (secondary N) is 1. The average molecular weight is 289 g/mol. The van der Waals surface area contributed by atoms with Gasteiger partial charge in [-0.1, -0.05) is 6.07 Å². The van der Waals surface area contributed by atoms with E-state index in [4.69, 9.17) is 11.5 Å². The molecule has 8 heteroatoms. The molecule has 110 valence electrons. The second kappa shape index (κ2) is 6.27. The summed E-state index contributed by atoms with van der Waals surface area (Å²) in [6, 6.07) is 4.56. The van der Waals surface area contributed by atoms with Gasteiger partial charge in [0.1, 0.15) is 0 Å². The molecule has 1 rings (SSSR count). The summed E-state index contributed by atoms with van der Waals surface area (Å²) in [5.41, 5.74) is 11.9. The van der Waals surface area contributed by atoms with E-state index in [0.717, 1.165) is 0 Å². The van der Waals surface area contributed by atoms with Crippen LogP contribution in [0.4, 0.5) is 18.9 Å². The molecule has 0 radical (unpaired) electrons. The molecule has 20 heavy (non-hydrogen) atoms. The minimum absolute atomic E-state index is 0.152. The number of nitrogen functional groups attached to an aromatic ring is 1. The van der Waals surface area contributed by atoms with Crippen molar-refractivity contribution in [2.24, 2.45) is 5.73 Å². The van der Waals surface area contributed by atoms with E-state index < -0.39 is 18.0 Å². The van der Waals surface area contributed by atoms with E-state index in [9.17, 15) is 22.8 Å². The molecule has 0 aliphatic carbocycles. The fourth-order valence-electron chi connectivity index (χ4n) is 1.62. The molecular weight excluding hydrogens is 275 g/mol. The first-order valence-corrected chi connectivity index (χ1v) is 5.75. The third-order valence-corrected chi connectivity index (χ3v) is 2.57. The quantitative estimate of drug-likeness (QED) is 0.556. The fourth-order valence-corrected chi connectivity index (χ4v) is 1.62. The maximum atomic E-state index is 11.9. The summed E-state index contributed by atoms with van der Waals surface area (Å²) in [6.45, 7) is -0.152. The molecule has 0 bridgehead atoms. The number of primary amides is 1. The van der Waals surface area contributed by atoms with Crippen molar-refractivity contribution in [1.29, 1.82) is 0 Å². The zero-order valence-corrected chi connectivity index (χ0v) is 10.5. The average Bonchev–Trinajstić information content (AvgIpc) is 2.34. The zero-order valence-electron chi connectivity index (χ0n) is 10.5. The van der Waals surface area contributed by atoms with Gasteiger partial charge in [0.2, 0.25) is 5.91 Å². The summed E-state index contributed by atoms with van der Waals surface area (Å²) < 4.78 is 35.8. The van der Waals surface area contributed by atoms with Crippen LogP contribution in [0.1, 0.15) is 22.3 Å². The number of benzene rings is 1.